The Kier molecular flexibility index (Phi) is 3.98. The first-order chi connectivity index (χ1) is 8.80. The molecule has 2 N–H and O–H groups in total. The van der Waals surface area contributed by atoms with E-state index >= 15 is 0 Å². The van der Waals surface area contributed by atoms with Crippen LogP contribution in [0.2, 0.25) is 0 Å². The van der Waals surface area contributed by atoms with Crippen LogP contribution < -0.4 is 5.14 Å². The molecule has 0 bridgehead atoms. The molecule has 0 saturated carbocycles. The molecule has 19 heavy (non-hydrogen) atoms. The second-order valence-corrected chi connectivity index (χ2v) is 7.76. The van der Waals surface area contributed by atoms with E-state index in [0.29, 0.717) is 11.5 Å². The summed E-state index contributed by atoms with van der Waals surface area (Å²) in [5.41, 5.74) is 0.412. The zero-order valence-corrected chi connectivity index (χ0v) is 12.6. The number of nitrogens with two attached hydrogens (primary N) is 1. The van der Waals surface area contributed by atoms with Crippen molar-refractivity contribution in [2.24, 2.45) is 11.1 Å². The van der Waals surface area contributed by atoms with Crippen molar-refractivity contribution in [3.05, 3.63) is 17.0 Å². The van der Waals surface area contributed by atoms with Crippen LogP contribution in [0.1, 0.15) is 37.0 Å². The molecule has 1 aliphatic rings. The number of nitrogens with zero attached hydrogens (tertiary/aromatic N) is 1. The molecule has 0 aliphatic carbocycles. The molecule has 1 aromatic rings. The summed E-state index contributed by atoms with van der Waals surface area (Å²) in [5.74, 6) is 0.360. The molecular weight excluding hydrogens is 284 g/mol. The quantitative estimate of drug-likeness (QED) is 0.902. The Balaban J connectivity index is 2.22. The monoisotopic (exact) mass is 302 g/mol. The highest BCUT2D eigenvalue weighted by Crippen LogP contribution is 2.26. The molecule has 106 valence electrons. The fourth-order valence-corrected chi connectivity index (χ4v) is 3.94. The summed E-state index contributed by atoms with van der Waals surface area (Å²) in [4.78, 5) is 14.2. The first kappa shape index (κ1) is 14.5. The van der Waals surface area contributed by atoms with E-state index in [9.17, 15) is 13.2 Å². The van der Waals surface area contributed by atoms with E-state index in [4.69, 9.17) is 5.14 Å². The number of primary sulfonamides is 1. The first-order valence-corrected chi connectivity index (χ1v) is 8.65. The molecular formula is C12H18N2O3S2. The van der Waals surface area contributed by atoms with Gasteiger partial charge in [0.05, 0.1) is 5.56 Å². The van der Waals surface area contributed by atoms with E-state index < -0.39 is 10.0 Å². The van der Waals surface area contributed by atoms with Gasteiger partial charge in [0.15, 0.2) is 0 Å². The van der Waals surface area contributed by atoms with E-state index in [2.05, 4.69) is 6.92 Å². The van der Waals surface area contributed by atoms with Crippen LogP contribution in [0.5, 0.6) is 0 Å². The first-order valence-electron chi connectivity index (χ1n) is 6.23. The molecule has 0 aromatic carbocycles. The number of rotatable bonds is 2. The van der Waals surface area contributed by atoms with E-state index in [1.807, 2.05) is 11.8 Å². The number of hydrogen-bond acceptors (Lipinski definition) is 4. The van der Waals surface area contributed by atoms with Crippen molar-refractivity contribution in [3.8, 4) is 0 Å². The molecule has 2 rings (SSSR count). The van der Waals surface area contributed by atoms with Crippen LogP contribution in [-0.2, 0) is 10.0 Å². The zero-order chi connectivity index (χ0) is 14.2. The van der Waals surface area contributed by atoms with Crippen molar-refractivity contribution in [1.82, 2.24) is 4.90 Å². The number of likely N-dealkylation sites (tertiary alicyclic amines) is 1. The normalized spacial score (nSPS) is 24.5. The summed E-state index contributed by atoms with van der Waals surface area (Å²) in [5, 5.41) is 6.62. The lowest BCUT2D eigenvalue weighted by atomic mass is 9.92. The summed E-state index contributed by atoms with van der Waals surface area (Å²) in [7, 11) is -3.72. The minimum atomic E-state index is -3.72. The van der Waals surface area contributed by atoms with Gasteiger partial charge >= 0.3 is 0 Å². The summed E-state index contributed by atoms with van der Waals surface area (Å²) >= 11 is 0.990. The third-order valence-corrected chi connectivity index (χ3v) is 6.12. The number of piperidine rings is 1. The SMILES string of the molecule is CC1CCCN(C(=O)c2csc(S(N)(=O)=O)c2)C1C. The summed E-state index contributed by atoms with van der Waals surface area (Å²) in [6.45, 7) is 4.90. The van der Waals surface area contributed by atoms with Crippen LogP contribution in [0, 0.1) is 5.92 Å². The second kappa shape index (κ2) is 5.22. The van der Waals surface area contributed by atoms with Crippen LogP contribution in [0.15, 0.2) is 15.7 Å². The van der Waals surface area contributed by atoms with Crippen LogP contribution in [0.4, 0.5) is 0 Å². The average molecular weight is 302 g/mol. The maximum absolute atomic E-state index is 12.4. The lowest BCUT2D eigenvalue weighted by Gasteiger charge is -2.37. The fourth-order valence-electron chi connectivity index (χ4n) is 2.37. The highest BCUT2D eigenvalue weighted by molar-refractivity contribution is 7.91. The van der Waals surface area contributed by atoms with Gasteiger partial charge in [0.1, 0.15) is 4.21 Å². The number of carbonyl (C=O) groups is 1. The van der Waals surface area contributed by atoms with Gasteiger partial charge in [0.2, 0.25) is 10.0 Å². The van der Waals surface area contributed by atoms with Crippen LogP contribution in [-0.4, -0.2) is 31.8 Å². The number of hydrogen-bond donors (Lipinski definition) is 1. The summed E-state index contributed by atoms with van der Waals surface area (Å²) in [6.07, 6.45) is 2.11. The molecule has 0 spiro atoms. The van der Waals surface area contributed by atoms with Crippen LogP contribution in [0.3, 0.4) is 0 Å². The molecule has 7 heteroatoms. The molecule has 5 nitrogen and oxygen atoms in total. The highest BCUT2D eigenvalue weighted by atomic mass is 32.2. The number of thiophene rings is 1. The van der Waals surface area contributed by atoms with Gasteiger partial charge in [0.25, 0.3) is 5.91 Å². The van der Waals surface area contributed by atoms with Gasteiger partial charge in [-0.25, -0.2) is 13.6 Å². The molecule has 0 radical (unpaired) electrons. The Bertz CT molecular complexity index is 580. The zero-order valence-electron chi connectivity index (χ0n) is 11.0. The summed E-state index contributed by atoms with van der Waals surface area (Å²) < 4.78 is 22.5. The molecule has 1 amide bonds. The fraction of sp³-hybridized carbons (Fsp3) is 0.583. The highest BCUT2D eigenvalue weighted by Gasteiger charge is 2.29. The number of amides is 1. The Morgan fingerprint density at radius 3 is 2.74 bits per heavy atom. The Hall–Kier alpha value is -0.920. The van der Waals surface area contributed by atoms with Crippen molar-refractivity contribution in [1.29, 1.82) is 0 Å². The smallest absolute Gasteiger partial charge is 0.254 e. The van der Waals surface area contributed by atoms with Crippen molar-refractivity contribution in [2.75, 3.05) is 6.54 Å². The molecule has 2 atom stereocenters. The Morgan fingerprint density at radius 2 is 2.16 bits per heavy atom. The molecule has 1 saturated heterocycles. The van der Waals surface area contributed by atoms with Gasteiger partial charge < -0.3 is 4.90 Å². The predicted octanol–water partition coefficient (Wildman–Crippen LogP) is 1.66. The topological polar surface area (TPSA) is 80.5 Å². The third-order valence-electron chi connectivity index (χ3n) is 3.74. The van der Waals surface area contributed by atoms with Gasteiger partial charge in [0, 0.05) is 18.0 Å². The van der Waals surface area contributed by atoms with Crippen molar-refractivity contribution in [2.45, 2.75) is 36.9 Å². The minimum Gasteiger partial charge on any atom is -0.336 e. The van der Waals surface area contributed by atoms with E-state index in [0.717, 1.165) is 30.7 Å². The molecule has 2 heterocycles. The van der Waals surface area contributed by atoms with Crippen LogP contribution >= 0.6 is 11.3 Å². The van der Waals surface area contributed by atoms with Gasteiger partial charge in [-0.05, 0) is 31.7 Å². The van der Waals surface area contributed by atoms with E-state index in [1.165, 1.54) is 6.07 Å². The van der Waals surface area contributed by atoms with E-state index in [-0.39, 0.29) is 16.2 Å². The molecule has 1 aromatic heterocycles. The Morgan fingerprint density at radius 1 is 1.47 bits per heavy atom. The Labute approximate surface area is 117 Å². The van der Waals surface area contributed by atoms with Crippen LogP contribution in [0.25, 0.3) is 0 Å². The maximum Gasteiger partial charge on any atom is 0.254 e. The lowest BCUT2D eigenvalue weighted by Crippen LogP contribution is -2.45. The second-order valence-electron chi connectivity index (χ2n) is 5.06. The average Bonchev–Trinajstić information content (AvgIpc) is 2.81. The lowest BCUT2D eigenvalue weighted by molar-refractivity contribution is 0.0551. The molecule has 2 unspecified atom stereocenters. The summed E-state index contributed by atoms with van der Waals surface area (Å²) in [6, 6.07) is 1.55. The van der Waals surface area contributed by atoms with Gasteiger partial charge in [-0.15, -0.1) is 11.3 Å². The van der Waals surface area contributed by atoms with Gasteiger partial charge in [-0.2, -0.15) is 0 Å². The molecule has 1 fully saturated rings. The van der Waals surface area contributed by atoms with Crippen molar-refractivity contribution < 1.29 is 13.2 Å². The number of carbonyl (C=O) groups excluding carboxylic acids is 1. The van der Waals surface area contributed by atoms with Gasteiger partial charge in [-0.3, -0.25) is 4.79 Å². The molecule has 1 aliphatic heterocycles. The third kappa shape index (κ3) is 2.98. The predicted molar refractivity (Wildman–Crippen MR) is 74.6 cm³/mol. The van der Waals surface area contributed by atoms with E-state index in [1.54, 1.807) is 5.38 Å². The van der Waals surface area contributed by atoms with Crippen molar-refractivity contribution in [3.63, 3.8) is 0 Å². The van der Waals surface area contributed by atoms with Crippen molar-refractivity contribution >= 4 is 27.3 Å². The number of sulfonamides is 1. The minimum absolute atomic E-state index is 0.0357. The van der Waals surface area contributed by atoms with Gasteiger partial charge in [-0.1, -0.05) is 6.92 Å². The maximum atomic E-state index is 12.4. The standard InChI is InChI=1S/C12H18N2O3S2/c1-8-4-3-5-14(9(8)2)12(15)10-6-11(18-7-10)19(13,16)17/h6-9H,3-5H2,1-2H3,(H2,13,16,17). The largest absolute Gasteiger partial charge is 0.336 e.